The summed E-state index contributed by atoms with van der Waals surface area (Å²) >= 11 is 0. The number of carboxylic acids is 1. The van der Waals surface area contributed by atoms with Crippen molar-refractivity contribution in [1.29, 1.82) is 0 Å². The highest BCUT2D eigenvalue weighted by molar-refractivity contribution is 5.99. The molecule has 0 saturated carbocycles. The minimum absolute atomic E-state index is 0.0747. The van der Waals surface area contributed by atoms with Gasteiger partial charge in [-0.25, -0.2) is 9.18 Å². The molecule has 1 saturated heterocycles. The summed E-state index contributed by atoms with van der Waals surface area (Å²) in [7, 11) is 1.32. The Kier molecular flexibility index (Phi) is 4.19. The molecule has 2 rings (SSSR count). The zero-order chi connectivity index (χ0) is 14.7. The van der Waals surface area contributed by atoms with Crippen LogP contribution in [0.1, 0.15) is 10.4 Å². The molecular weight excluding hydrogens is 269 g/mol. The zero-order valence-corrected chi connectivity index (χ0v) is 10.8. The van der Waals surface area contributed by atoms with Crippen LogP contribution in [0.25, 0.3) is 0 Å². The summed E-state index contributed by atoms with van der Waals surface area (Å²) in [6.45, 7) is 0.192. The molecule has 1 unspecified atom stereocenters. The lowest BCUT2D eigenvalue weighted by molar-refractivity contribution is -0.147. The molecule has 108 valence electrons. The Labute approximate surface area is 114 Å². The minimum Gasteiger partial charge on any atom is -0.496 e. The molecule has 1 amide bonds. The number of benzene rings is 1. The fraction of sp³-hybridized carbons (Fsp3) is 0.385. The Morgan fingerprint density at radius 1 is 1.50 bits per heavy atom. The van der Waals surface area contributed by atoms with Gasteiger partial charge >= 0.3 is 5.97 Å². The van der Waals surface area contributed by atoms with Crippen LogP contribution in [0.5, 0.6) is 5.75 Å². The summed E-state index contributed by atoms with van der Waals surface area (Å²) in [5, 5.41) is 9.10. The van der Waals surface area contributed by atoms with Crippen molar-refractivity contribution in [2.24, 2.45) is 0 Å². The third-order valence-corrected chi connectivity index (χ3v) is 3.08. The molecule has 0 spiro atoms. The number of hydrogen-bond acceptors (Lipinski definition) is 4. The molecule has 0 radical (unpaired) electrons. The molecule has 0 bridgehead atoms. The lowest BCUT2D eigenvalue weighted by Gasteiger charge is -2.33. The average molecular weight is 283 g/mol. The third kappa shape index (κ3) is 2.57. The fourth-order valence-electron chi connectivity index (χ4n) is 2.08. The third-order valence-electron chi connectivity index (χ3n) is 3.08. The fourth-order valence-corrected chi connectivity index (χ4v) is 2.08. The first-order valence-corrected chi connectivity index (χ1v) is 6.00. The van der Waals surface area contributed by atoms with Crippen LogP contribution in [0, 0.1) is 5.82 Å². The predicted octanol–water partition coefficient (Wildman–Crippen LogP) is 0.760. The number of rotatable bonds is 3. The Morgan fingerprint density at radius 3 is 2.90 bits per heavy atom. The van der Waals surface area contributed by atoms with Crippen LogP contribution in [-0.2, 0) is 9.53 Å². The van der Waals surface area contributed by atoms with E-state index >= 15 is 0 Å². The molecule has 20 heavy (non-hydrogen) atoms. The number of carbonyl (C=O) groups is 2. The molecule has 1 fully saturated rings. The number of aliphatic carboxylic acids is 1. The lowest BCUT2D eigenvalue weighted by atomic mass is 10.1. The molecule has 1 aromatic carbocycles. The number of morpholine rings is 1. The average Bonchev–Trinajstić information content (AvgIpc) is 2.46. The molecule has 6 nitrogen and oxygen atoms in total. The highest BCUT2D eigenvalue weighted by Crippen LogP contribution is 2.24. The SMILES string of the molecule is COc1cccc(F)c1C(=O)N1CCOCC1C(=O)O. The van der Waals surface area contributed by atoms with Crippen molar-refractivity contribution in [2.75, 3.05) is 26.9 Å². The van der Waals surface area contributed by atoms with E-state index in [2.05, 4.69) is 0 Å². The zero-order valence-electron chi connectivity index (χ0n) is 10.8. The number of carboxylic acid groups (broad SMARTS) is 1. The largest absolute Gasteiger partial charge is 0.496 e. The summed E-state index contributed by atoms with van der Waals surface area (Å²) in [6, 6.07) is 2.87. The molecule has 1 aliphatic rings. The van der Waals surface area contributed by atoms with Gasteiger partial charge in [-0.3, -0.25) is 4.79 Å². The second-order valence-corrected chi connectivity index (χ2v) is 4.24. The minimum atomic E-state index is -1.19. The molecule has 0 aromatic heterocycles. The van der Waals surface area contributed by atoms with Gasteiger partial charge in [0.2, 0.25) is 0 Å². The van der Waals surface area contributed by atoms with Crippen molar-refractivity contribution in [3.63, 3.8) is 0 Å². The van der Waals surface area contributed by atoms with Gasteiger partial charge in [-0.05, 0) is 12.1 Å². The van der Waals surface area contributed by atoms with Crippen molar-refractivity contribution < 1.29 is 28.6 Å². The molecule has 1 heterocycles. The monoisotopic (exact) mass is 283 g/mol. The Bertz CT molecular complexity index is 533. The standard InChI is InChI=1S/C13H14FNO5/c1-19-10-4-2-3-8(14)11(10)12(16)15-5-6-20-7-9(15)13(17)18/h2-4,9H,5-7H2,1H3,(H,17,18). The Hall–Kier alpha value is -2.15. The first-order chi connectivity index (χ1) is 9.56. The second kappa shape index (κ2) is 5.87. The van der Waals surface area contributed by atoms with Crippen molar-refractivity contribution in [1.82, 2.24) is 4.90 Å². The van der Waals surface area contributed by atoms with Gasteiger partial charge in [0.15, 0.2) is 6.04 Å². The highest BCUT2D eigenvalue weighted by Gasteiger charge is 2.35. The van der Waals surface area contributed by atoms with Gasteiger partial charge < -0.3 is 19.5 Å². The van der Waals surface area contributed by atoms with E-state index in [0.29, 0.717) is 0 Å². The van der Waals surface area contributed by atoms with E-state index < -0.39 is 23.7 Å². The van der Waals surface area contributed by atoms with E-state index in [4.69, 9.17) is 14.6 Å². The smallest absolute Gasteiger partial charge is 0.328 e. The van der Waals surface area contributed by atoms with Crippen molar-refractivity contribution in [2.45, 2.75) is 6.04 Å². The molecule has 7 heteroatoms. The molecule has 0 aliphatic carbocycles. The first kappa shape index (κ1) is 14.3. The predicted molar refractivity (Wildman–Crippen MR) is 66.2 cm³/mol. The molecule has 1 aliphatic heterocycles. The van der Waals surface area contributed by atoms with Gasteiger partial charge in [-0.15, -0.1) is 0 Å². The lowest BCUT2D eigenvalue weighted by Crippen LogP contribution is -2.52. The normalized spacial score (nSPS) is 18.7. The van der Waals surface area contributed by atoms with Crippen LogP contribution in [0.4, 0.5) is 4.39 Å². The molecule has 1 N–H and O–H groups in total. The van der Waals surface area contributed by atoms with Crippen LogP contribution in [0.15, 0.2) is 18.2 Å². The van der Waals surface area contributed by atoms with Crippen LogP contribution >= 0.6 is 0 Å². The van der Waals surface area contributed by atoms with Crippen molar-refractivity contribution in [3.8, 4) is 5.75 Å². The summed E-state index contributed by atoms with van der Waals surface area (Å²) in [6.07, 6.45) is 0. The molecule has 1 atom stereocenters. The van der Waals surface area contributed by atoms with E-state index in [9.17, 15) is 14.0 Å². The second-order valence-electron chi connectivity index (χ2n) is 4.24. The van der Waals surface area contributed by atoms with Crippen LogP contribution in [0.3, 0.4) is 0 Å². The maximum Gasteiger partial charge on any atom is 0.328 e. The van der Waals surface area contributed by atoms with Crippen LogP contribution in [0.2, 0.25) is 0 Å². The van der Waals surface area contributed by atoms with E-state index in [1.54, 1.807) is 0 Å². The van der Waals surface area contributed by atoms with Crippen LogP contribution < -0.4 is 4.74 Å². The molecule has 1 aromatic rings. The van der Waals surface area contributed by atoms with E-state index in [1.807, 2.05) is 0 Å². The number of carbonyl (C=O) groups excluding carboxylic acids is 1. The quantitative estimate of drug-likeness (QED) is 0.886. The summed E-state index contributed by atoms with van der Waals surface area (Å²) in [5.41, 5.74) is -0.261. The topological polar surface area (TPSA) is 76.1 Å². The number of nitrogens with zero attached hydrogens (tertiary/aromatic N) is 1. The first-order valence-electron chi connectivity index (χ1n) is 6.00. The summed E-state index contributed by atoms with van der Waals surface area (Å²) in [5.74, 6) is -2.57. The van der Waals surface area contributed by atoms with Gasteiger partial charge in [-0.2, -0.15) is 0 Å². The van der Waals surface area contributed by atoms with E-state index in [1.165, 1.54) is 19.2 Å². The summed E-state index contributed by atoms with van der Waals surface area (Å²) < 4.78 is 23.9. The Morgan fingerprint density at radius 2 is 2.25 bits per heavy atom. The van der Waals surface area contributed by atoms with Gasteiger partial charge in [0.25, 0.3) is 5.91 Å². The number of ether oxygens (including phenoxy) is 2. The van der Waals surface area contributed by atoms with Gasteiger partial charge in [0.1, 0.15) is 17.1 Å². The molecular formula is C13H14FNO5. The van der Waals surface area contributed by atoms with Crippen LogP contribution in [-0.4, -0.2) is 54.8 Å². The number of halogens is 1. The summed E-state index contributed by atoms with van der Waals surface area (Å²) in [4.78, 5) is 24.6. The van der Waals surface area contributed by atoms with Gasteiger partial charge in [-0.1, -0.05) is 6.07 Å². The van der Waals surface area contributed by atoms with E-state index in [0.717, 1.165) is 11.0 Å². The van der Waals surface area contributed by atoms with Gasteiger partial charge in [0, 0.05) is 6.54 Å². The van der Waals surface area contributed by atoms with Crippen molar-refractivity contribution >= 4 is 11.9 Å². The number of hydrogen-bond donors (Lipinski definition) is 1. The maximum absolute atomic E-state index is 13.9. The number of amides is 1. The van der Waals surface area contributed by atoms with Gasteiger partial charge in [0.05, 0.1) is 20.3 Å². The van der Waals surface area contributed by atoms with Crippen molar-refractivity contribution in [3.05, 3.63) is 29.6 Å². The Balaban J connectivity index is 2.37. The number of methoxy groups -OCH3 is 1. The highest BCUT2D eigenvalue weighted by atomic mass is 19.1. The maximum atomic E-state index is 13.9. The van der Waals surface area contributed by atoms with E-state index in [-0.39, 0.29) is 31.1 Å².